The Balaban J connectivity index is 0.00000625. The molecule has 0 fully saturated rings. The number of benzene rings is 1. The van der Waals surface area contributed by atoms with Crippen molar-refractivity contribution in [2.75, 3.05) is 40.5 Å². The predicted octanol–water partition coefficient (Wildman–Crippen LogP) is 3.44. The molecule has 0 saturated carbocycles. The number of hydrogen-bond acceptors (Lipinski definition) is 4. The van der Waals surface area contributed by atoms with Gasteiger partial charge in [-0.05, 0) is 37.0 Å². The van der Waals surface area contributed by atoms with Gasteiger partial charge in [0.2, 0.25) is 0 Å². The molecular weight excluding hydrogens is 445 g/mol. The number of halogens is 1. The van der Waals surface area contributed by atoms with Gasteiger partial charge in [-0.3, -0.25) is 0 Å². The second kappa shape index (κ2) is 14.9. The lowest BCUT2D eigenvalue weighted by Crippen LogP contribution is -2.38. The summed E-state index contributed by atoms with van der Waals surface area (Å²) >= 11 is 0. The highest BCUT2D eigenvalue weighted by Crippen LogP contribution is 2.27. The zero-order valence-corrected chi connectivity index (χ0v) is 19.0. The van der Waals surface area contributed by atoms with Gasteiger partial charge in [0, 0.05) is 26.3 Å². The second-order valence-electron chi connectivity index (χ2n) is 6.13. The lowest BCUT2D eigenvalue weighted by Gasteiger charge is -2.12. The Bertz CT molecular complexity index is 525. The summed E-state index contributed by atoms with van der Waals surface area (Å²) in [5.74, 6) is 2.83. The van der Waals surface area contributed by atoms with Crippen LogP contribution in [0.25, 0.3) is 0 Å². The molecule has 0 saturated heterocycles. The van der Waals surface area contributed by atoms with Crippen molar-refractivity contribution in [2.45, 2.75) is 33.7 Å². The zero-order chi connectivity index (χ0) is 18.5. The summed E-state index contributed by atoms with van der Waals surface area (Å²) in [6.45, 7) is 10.2. The molecule has 6 nitrogen and oxygen atoms in total. The molecule has 0 bridgehead atoms. The van der Waals surface area contributed by atoms with Crippen LogP contribution in [-0.2, 0) is 11.3 Å². The summed E-state index contributed by atoms with van der Waals surface area (Å²) < 4.78 is 16.2. The third-order valence-corrected chi connectivity index (χ3v) is 3.42. The van der Waals surface area contributed by atoms with Gasteiger partial charge in [0.15, 0.2) is 17.5 Å². The molecule has 1 rings (SSSR count). The topological polar surface area (TPSA) is 64.1 Å². The first-order valence-corrected chi connectivity index (χ1v) is 8.91. The molecule has 1 aromatic carbocycles. The number of nitrogens with zero attached hydrogens (tertiary/aromatic N) is 1. The van der Waals surface area contributed by atoms with E-state index in [0.717, 1.165) is 55.7 Å². The molecule has 7 heteroatoms. The van der Waals surface area contributed by atoms with E-state index in [-0.39, 0.29) is 24.0 Å². The Morgan fingerprint density at radius 3 is 2.46 bits per heavy atom. The molecule has 150 valence electrons. The SMILES string of the molecule is CCNC(=NCc1ccc(OC)c(OC)c1)NCCCOCC(C)C.I. The maximum Gasteiger partial charge on any atom is 0.191 e. The lowest BCUT2D eigenvalue weighted by molar-refractivity contribution is 0.108. The Kier molecular flexibility index (Phi) is 14.2. The molecule has 0 aromatic heterocycles. The maximum atomic E-state index is 5.59. The van der Waals surface area contributed by atoms with Gasteiger partial charge in [0.25, 0.3) is 0 Å². The van der Waals surface area contributed by atoms with Crippen LogP contribution >= 0.6 is 24.0 Å². The van der Waals surface area contributed by atoms with Crippen molar-refractivity contribution >= 4 is 29.9 Å². The van der Waals surface area contributed by atoms with Crippen molar-refractivity contribution in [1.29, 1.82) is 0 Å². The number of nitrogens with one attached hydrogen (secondary N) is 2. The van der Waals surface area contributed by atoms with E-state index in [2.05, 4.69) is 36.4 Å². The van der Waals surface area contributed by atoms with Gasteiger partial charge in [-0.15, -0.1) is 24.0 Å². The number of ether oxygens (including phenoxy) is 3. The molecule has 0 heterocycles. The third-order valence-electron chi connectivity index (χ3n) is 3.42. The molecule has 0 aliphatic rings. The maximum absolute atomic E-state index is 5.59. The summed E-state index contributed by atoms with van der Waals surface area (Å²) in [5.41, 5.74) is 1.06. The van der Waals surface area contributed by atoms with Gasteiger partial charge in [0.1, 0.15) is 0 Å². The quantitative estimate of drug-likeness (QED) is 0.220. The van der Waals surface area contributed by atoms with Crippen LogP contribution in [0.1, 0.15) is 32.8 Å². The van der Waals surface area contributed by atoms with Gasteiger partial charge >= 0.3 is 0 Å². The number of aliphatic imine (C=N–C) groups is 1. The van der Waals surface area contributed by atoms with Crippen molar-refractivity contribution in [3.8, 4) is 11.5 Å². The summed E-state index contributed by atoms with van der Waals surface area (Å²) in [5, 5.41) is 6.59. The van der Waals surface area contributed by atoms with Crippen LogP contribution < -0.4 is 20.1 Å². The average molecular weight is 479 g/mol. The van der Waals surface area contributed by atoms with Crippen molar-refractivity contribution in [2.24, 2.45) is 10.9 Å². The number of hydrogen-bond donors (Lipinski definition) is 2. The smallest absolute Gasteiger partial charge is 0.191 e. The van der Waals surface area contributed by atoms with Crippen molar-refractivity contribution < 1.29 is 14.2 Å². The molecule has 0 aliphatic heterocycles. The highest BCUT2D eigenvalue weighted by molar-refractivity contribution is 14.0. The summed E-state index contributed by atoms with van der Waals surface area (Å²) in [7, 11) is 3.27. The Morgan fingerprint density at radius 2 is 1.85 bits per heavy atom. The summed E-state index contributed by atoms with van der Waals surface area (Å²) in [6.07, 6.45) is 0.952. The van der Waals surface area contributed by atoms with Crippen LogP contribution in [0.5, 0.6) is 11.5 Å². The Morgan fingerprint density at radius 1 is 1.12 bits per heavy atom. The molecule has 0 amide bonds. The van der Waals surface area contributed by atoms with Crippen molar-refractivity contribution in [3.05, 3.63) is 23.8 Å². The van der Waals surface area contributed by atoms with Gasteiger partial charge in [-0.1, -0.05) is 19.9 Å². The van der Waals surface area contributed by atoms with E-state index in [0.29, 0.717) is 12.5 Å². The van der Waals surface area contributed by atoms with Crippen LogP contribution in [0.2, 0.25) is 0 Å². The van der Waals surface area contributed by atoms with E-state index in [4.69, 9.17) is 14.2 Å². The van der Waals surface area contributed by atoms with Gasteiger partial charge in [-0.25, -0.2) is 4.99 Å². The summed E-state index contributed by atoms with van der Waals surface area (Å²) in [6, 6.07) is 5.84. The molecule has 0 atom stereocenters. The van der Waals surface area contributed by atoms with E-state index in [1.165, 1.54) is 0 Å². The first-order valence-electron chi connectivity index (χ1n) is 8.91. The Hall–Kier alpha value is -1.22. The highest BCUT2D eigenvalue weighted by atomic mass is 127. The molecule has 0 spiro atoms. The fourth-order valence-corrected chi connectivity index (χ4v) is 2.19. The monoisotopic (exact) mass is 479 g/mol. The largest absolute Gasteiger partial charge is 0.493 e. The first-order chi connectivity index (χ1) is 12.1. The van der Waals surface area contributed by atoms with E-state index in [1.54, 1.807) is 14.2 Å². The van der Waals surface area contributed by atoms with Gasteiger partial charge in [0.05, 0.1) is 20.8 Å². The highest BCUT2D eigenvalue weighted by Gasteiger charge is 2.04. The molecule has 0 aliphatic carbocycles. The van der Waals surface area contributed by atoms with E-state index >= 15 is 0 Å². The second-order valence-corrected chi connectivity index (χ2v) is 6.13. The van der Waals surface area contributed by atoms with Crippen LogP contribution in [0.15, 0.2) is 23.2 Å². The fourth-order valence-electron chi connectivity index (χ4n) is 2.19. The van der Waals surface area contributed by atoms with Crippen LogP contribution in [0.4, 0.5) is 0 Å². The summed E-state index contributed by atoms with van der Waals surface area (Å²) in [4.78, 5) is 4.62. The van der Waals surface area contributed by atoms with Gasteiger partial charge in [-0.2, -0.15) is 0 Å². The van der Waals surface area contributed by atoms with Crippen LogP contribution in [0.3, 0.4) is 0 Å². The Labute approximate surface area is 175 Å². The number of guanidine groups is 1. The average Bonchev–Trinajstić information content (AvgIpc) is 2.61. The number of rotatable bonds is 11. The fraction of sp³-hybridized carbons (Fsp3) is 0.632. The van der Waals surface area contributed by atoms with Crippen LogP contribution in [0, 0.1) is 5.92 Å². The molecule has 2 N–H and O–H groups in total. The van der Waals surface area contributed by atoms with E-state index < -0.39 is 0 Å². The lowest BCUT2D eigenvalue weighted by atomic mass is 10.2. The minimum atomic E-state index is 0. The van der Waals surface area contributed by atoms with Crippen molar-refractivity contribution in [3.63, 3.8) is 0 Å². The minimum absolute atomic E-state index is 0. The molecule has 1 aromatic rings. The molecule has 0 radical (unpaired) electrons. The van der Waals surface area contributed by atoms with Crippen LogP contribution in [-0.4, -0.2) is 46.5 Å². The number of methoxy groups -OCH3 is 2. The van der Waals surface area contributed by atoms with E-state index in [9.17, 15) is 0 Å². The van der Waals surface area contributed by atoms with Gasteiger partial charge < -0.3 is 24.8 Å². The molecular formula is C19H34IN3O3. The molecule has 26 heavy (non-hydrogen) atoms. The first kappa shape index (κ1) is 24.8. The van der Waals surface area contributed by atoms with E-state index in [1.807, 2.05) is 18.2 Å². The zero-order valence-electron chi connectivity index (χ0n) is 16.6. The molecule has 0 unspecified atom stereocenters. The predicted molar refractivity (Wildman–Crippen MR) is 118 cm³/mol. The normalized spacial score (nSPS) is 11.1. The standard InChI is InChI=1S/C19H33N3O3.HI/c1-6-20-19(21-10-7-11-25-14-15(2)3)22-13-16-8-9-17(23-4)18(12-16)24-5;/h8-9,12,15H,6-7,10-11,13-14H2,1-5H3,(H2,20,21,22);1H. The minimum Gasteiger partial charge on any atom is -0.493 e. The van der Waals surface area contributed by atoms with Crippen molar-refractivity contribution in [1.82, 2.24) is 10.6 Å². The third kappa shape index (κ3) is 10.1.